The second kappa shape index (κ2) is 19.6. The van der Waals surface area contributed by atoms with Crippen LogP contribution in [0.2, 0.25) is 0 Å². The molecular weight excluding hydrogens is 618 g/mol. The van der Waals surface area contributed by atoms with Gasteiger partial charge < -0.3 is 24.8 Å². The summed E-state index contributed by atoms with van der Waals surface area (Å²) >= 11 is 0. The molecule has 2 saturated heterocycles. The number of unbranched alkanes of at least 4 members (excludes halogenated alkanes) is 3. The highest BCUT2D eigenvalue weighted by atomic mass is 16.7. The number of hydroxylamine groups is 1. The van der Waals surface area contributed by atoms with E-state index < -0.39 is 6.29 Å². The topological polar surface area (TPSA) is 120 Å². The van der Waals surface area contributed by atoms with Gasteiger partial charge in [0.25, 0.3) is 0 Å². The number of rotatable bonds is 15. The molecular formula is C40H53N3O6. The maximum Gasteiger partial charge on any atom is 0.243 e. The van der Waals surface area contributed by atoms with Gasteiger partial charge in [-0.3, -0.25) is 14.8 Å². The van der Waals surface area contributed by atoms with Crippen molar-refractivity contribution in [1.29, 1.82) is 0 Å². The van der Waals surface area contributed by atoms with Crippen LogP contribution >= 0.6 is 0 Å². The zero-order valence-electron chi connectivity index (χ0n) is 28.7. The monoisotopic (exact) mass is 671 g/mol. The standard InChI is InChI=1S/C40H53N3O6/c44-29-30-15-17-33(18-16-30)37-26-36(28-43-23-8-4-1-5-9-24-43)48-40(49-37)34-21-19-32(20-22-34)35-12-10-11-31(25-35)27-41-38(45)13-6-2-3-7-14-39(46)42-47/h10-12,15-22,25,36-37,40,44,47H,1-9,13-14,23-24,26-29H2,(H,41,45)(H,42,46). The Bertz CT molecular complexity index is 1440. The number of carbonyl (C=O) groups is 2. The van der Waals surface area contributed by atoms with Crippen LogP contribution in [0.4, 0.5) is 0 Å². The van der Waals surface area contributed by atoms with Gasteiger partial charge in [-0.2, -0.15) is 0 Å². The minimum Gasteiger partial charge on any atom is -0.392 e. The molecule has 3 aromatic carbocycles. The van der Waals surface area contributed by atoms with Gasteiger partial charge in [0, 0.05) is 37.9 Å². The molecule has 3 unspecified atom stereocenters. The molecule has 0 spiro atoms. The van der Waals surface area contributed by atoms with Crippen molar-refractivity contribution in [3.8, 4) is 11.1 Å². The van der Waals surface area contributed by atoms with Gasteiger partial charge in [0.05, 0.1) is 18.8 Å². The third-order valence-electron chi connectivity index (χ3n) is 9.64. The van der Waals surface area contributed by atoms with Crippen molar-refractivity contribution in [2.75, 3.05) is 19.6 Å². The van der Waals surface area contributed by atoms with E-state index in [1.807, 2.05) is 24.3 Å². The predicted molar refractivity (Wildman–Crippen MR) is 189 cm³/mol. The third kappa shape index (κ3) is 11.8. The average molecular weight is 672 g/mol. The molecule has 0 radical (unpaired) electrons. The first kappa shape index (κ1) is 36.7. The lowest BCUT2D eigenvalue weighted by Crippen LogP contribution is -2.40. The van der Waals surface area contributed by atoms with Crippen LogP contribution < -0.4 is 10.8 Å². The number of benzene rings is 3. The van der Waals surface area contributed by atoms with E-state index in [2.05, 4.69) is 58.7 Å². The molecule has 0 saturated carbocycles. The molecule has 3 aromatic rings. The Hall–Kier alpha value is -3.60. The van der Waals surface area contributed by atoms with Crippen LogP contribution in [0.5, 0.6) is 0 Å². The largest absolute Gasteiger partial charge is 0.392 e. The number of amides is 2. The van der Waals surface area contributed by atoms with E-state index in [0.717, 1.165) is 78.7 Å². The van der Waals surface area contributed by atoms with Crippen LogP contribution in [0.15, 0.2) is 72.8 Å². The van der Waals surface area contributed by atoms with Crippen molar-refractivity contribution < 1.29 is 29.4 Å². The average Bonchev–Trinajstić information content (AvgIpc) is 3.13. The number of hydrogen-bond acceptors (Lipinski definition) is 7. The molecule has 2 amide bonds. The van der Waals surface area contributed by atoms with E-state index in [-0.39, 0.29) is 30.6 Å². The first-order valence-corrected chi connectivity index (χ1v) is 18.1. The number of aliphatic hydroxyl groups is 1. The molecule has 0 aliphatic carbocycles. The highest BCUT2D eigenvalue weighted by Gasteiger charge is 2.33. The Morgan fingerprint density at radius 3 is 2.10 bits per heavy atom. The number of likely N-dealkylation sites (tertiary alicyclic amines) is 1. The second-order valence-corrected chi connectivity index (χ2v) is 13.5. The lowest BCUT2D eigenvalue weighted by Gasteiger charge is -2.38. The molecule has 264 valence electrons. The summed E-state index contributed by atoms with van der Waals surface area (Å²) in [7, 11) is 0. The fraction of sp³-hybridized carbons (Fsp3) is 0.500. The van der Waals surface area contributed by atoms with Gasteiger partial charge in [-0.15, -0.1) is 0 Å². The van der Waals surface area contributed by atoms with Gasteiger partial charge in [0.1, 0.15) is 0 Å². The molecule has 2 heterocycles. The van der Waals surface area contributed by atoms with Crippen molar-refractivity contribution >= 4 is 11.8 Å². The Labute approximate surface area is 291 Å². The van der Waals surface area contributed by atoms with Crippen molar-refractivity contribution in [3.05, 3.63) is 95.1 Å². The second-order valence-electron chi connectivity index (χ2n) is 13.5. The zero-order chi connectivity index (χ0) is 34.3. The molecule has 49 heavy (non-hydrogen) atoms. The molecule has 0 aromatic heterocycles. The van der Waals surface area contributed by atoms with Gasteiger partial charge in [-0.25, -0.2) is 5.48 Å². The number of hydrogen-bond donors (Lipinski definition) is 4. The highest BCUT2D eigenvalue weighted by Crippen LogP contribution is 2.39. The van der Waals surface area contributed by atoms with Gasteiger partial charge in [-0.1, -0.05) is 98.8 Å². The molecule has 5 rings (SSSR count). The lowest BCUT2D eigenvalue weighted by molar-refractivity contribution is -0.253. The summed E-state index contributed by atoms with van der Waals surface area (Å²) in [6.45, 7) is 3.63. The van der Waals surface area contributed by atoms with Crippen LogP contribution in [-0.4, -0.2) is 52.8 Å². The van der Waals surface area contributed by atoms with Crippen LogP contribution in [0.1, 0.15) is 112 Å². The summed E-state index contributed by atoms with van der Waals surface area (Å²) in [4.78, 5) is 26.1. The van der Waals surface area contributed by atoms with E-state index >= 15 is 0 Å². The summed E-state index contributed by atoms with van der Waals surface area (Å²) in [6.07, 6.45) is 10.6. The van der Waals surface area contributed by atoms with Crippen molar-refractivity contribution in [2.24, 2.45) is 0 Å². The number of carbonyl (C=O) groups excluding carboxylic acids is 2. The number of aliphatic hydroxyl groups excluding tert-OH is 1. The Morgan fingerprint density at radius 1 is 0.735 bits per heavy atom. The molecule has 9 nitrogen and oxygen atoms in total. The van der Waals surface area contributed by atoms with Gasteiger partial charge in [-0.05, 0) is 72.7 Å². The minimum atomic E-state index is -0.480. The quantitative estimate of drug-likeness (QED) is 0.0772. The number of ether oxygens (including phenoxy) is 2. The Kier molecular flexibility index (Phi) is 14.6. The van der Waals surface area contributed by atoms with Crippen LogP contribution in [0, 0.1) is 0 Å². The number of nitrogens with one attached hydrogen (secondary N) is 2. The van der Waals surface area contributed by atoms with E-state index in [9.17, 15) is 14.7 Å². The fourth-order valence-electron chi connectivity index (χ4n) is 6.78. The Morgan fingerprint density at radius 2 is 1.41 bits per heavy atom. The normalized spacial score (nSPS) is 20.2. The summed E-state index contributed by atoms with van der Waals surface area (Å²) in [5.41, 5.74) is 7.81. The summed E-state index contributed by atoms with van der Waals surface area (Å²) in [6, 6.07) is 24.7. The van der Waals surface area contributed by atoms with Crippen LogP contribution in [-0.2, 0) is 32.2 Å². The zero-order valence-corrected chi connectivity index (χ0v) is 28.7. The predicted octanol–water partition coefficient (Wildman–Crippen LogP) is 7.12. The van der Waals surface area contributed by atoms with E-state index in [4.69, 9.17) is 14.7 Å². The van der Waals surface area contributed by atoms with Crippen molar-refractivity contribution in [3.63, 3.8) is 0 Å². The molecule has 2 fully saturated rings. The molecule has 3 atom stereocenters. The first-order valence-electron chi connectivity index (χ1n) is 18.1. The molecule has 9 heteroatoms. The maximum absolute atomic E-state index is 12.4. The summed E-state index contributed by atoms with van der Waals surface area (Å²) in [5, 5.41) is 21.1. The van der Waals surface area contributed by atoms with E-state index in [1.54, 1.807) is 5.48 Å². The SMILES string of the molecule is O=C(CCCCCCC(=O)NCc1cccc(-c2ccc(C3OC(CN4CCCCCCC4)CC(c4ccc(CO)cc4)O3)cc2)c1)NO. The minimum absolute atomic E-state index is 0.0163. The molecule has 2 aliphatic rings. The maximum atomic E-state index is 12.4. The van der Waals surface area contributed by atoms with Crippen LogP contribution in [0.25, 0.3) is 11.1 Å². The van der Waals surface area contributed by atoms with Crippen LogP contribution in [0.3, 0.4) is 0 Å². The fourth-order valence-corrected chi connectivity index (χ4v) is 6.78. The summed E-state index contributed by atoms with van der Waals surface area (Å²) < 4.78 is 13.3. The van der Waals surface area contributed by atoms with Crippen molar-refractivity contribution in [2.45, 2.75) is 109 Å². The molecule has 2 aliphatic heterocycles. The van der Waals surface area contributed by atoms with E-state index in [1.165, 1.54) is 32.1 Å². The summed E-state index contributed by atoms with van der Waals surface area (Å²) in [5.74, 6) is -0.357. The number of nitrogens with zero attached hydrogens (tertiary/aromatic N) is 1. The van der Waals surface area contributed by atoms with Crippen molar-refractivity contribution in [1.82, 2.24) is 15.7 Å². The van der Waals surface area contributed by atoms with Gasteiger partial charge >= 0.3 is 0 Å². The Balaban J connectivity index is 1.18. The third-order valence-corrected chi connectivity index (χ3v) is 9.64. The molecule has 4 N–H and O–H groups in total. The first-order chi connectivity index (χ1) is 24.0. The lowest BCUT2D eigenvalue weighted by atomic mass is 9.98. The van der Waals surface area contributed by atoms with Gasteiger partial charge in [0.15, 0.2) is 6.29 Å². The molecule has 0 bridgehead atoms. The van der Waals surface area contributed by atoms with E-state index in [0.29, 0.717) is 25.8 Å². The van der Waals surface area contributed by atoms with Gasteiger partial charge in [0.2, 0.25) is 11.8 Å². The highest BCUT2D eigenvalue weighted by molar-refractivity contribution is 5.76. The smallest absolute Gasteiger partial charge is 0.243 e.